The Hall–Kier alpha value is -3.46. The zero-order valence-corrected chi connectivity index (χ0v) is 18.2. The van der Waals surface area contributed by atoms with Gasteiger partial charge < -0.3 is 26.4 Å². The summed E-state index contributed by atoms with van der Waals surface area (Å²) >= 11 is 0. The molecule has 0 unspecified atom stereocenters. The molecule has 0 fully saturated rings. The summed E-state index contributed by atoms with van der Waals surface area (Å²) < 4.78 is 13.2. The van der Waals surface area contributed by atoms with Gasteiger partial charge in [0.25, 0.3) is 0 Å². The summed E-state index contributed by atoms with van der Waals surface area (Å²) in [7, 11) is 1.95. The van der Waals surface area contributed by atoms with Gasteiger partial charge in [-0.3, -0.25) is 0 Å². The lowest BCUT2D eigenvalue weighted by Gasteiger charge is -2.11. The normalized spacial score (nSPS) is 10.7. The summed E-state index contributed by atoms with van der Waals surface area (Å²) in [5.74, 6) is 1.24. The lowest BCUT2D eigenvalue weighted by Crippen LogP contribution is -2.14. The maximum absolute atomic E-state index is 13.2. The molecule has 3 rings (SSSR count). The van der Waals surface area contributed by atoms with Crippen LogP contribution < -0.4 is 21.3 Å². The Balaban J connectivity index is 1.63. The predicted molar refractivity (Wildman–Crippen MR) is 126 cm³/mol. The first-order valence-electron chi connectivity index (χ1n) is 10.8. The third kappa shape index (κ3) is 7.99. The SMILES string of the molecule is CNCCCCCNc1nc(NCCc2ccc(O)cc2)nc(Nc2ccc(F)cc2)n1. The van der Waals surface area contributed by atoms with Crippen LogP contribution >= 0.6 is 0 Å². The number of nitrogens with one attached hydrogen (secondary N) is 4. The maximum atomic E-state index is 13.2. The van der Waals surface area contributed by atoms with E-state index in [9.17, 15) is 9.50 Å². The van der Waals surface area contributed by atoms with Crippen molar-refractivity contribution in [3.05, 3.63) is 59.9 Å². The van der Waals surface area contributed by atoms with E-state index in [4.69, 9.17) is 0 Å². The fraction of sp³-hybridized carbons (Fsp3) is 0.348. The zero-order valence-electron chi connectivity index (χ0n) is 18.2. The second-order valence-electron chi connectivity index (χ2n) is 7.37. The first-order valence-corrected chi connectivity index (χ1v) is 10.8. The zero-order chi connectivity index (χ0) is 22.6. The molecule has 0 saturated carbocycles. The van der Waals surface area contributed by atoms with Gasteiger partial charge >= 0.3 is 0 Å². The number of anilines is 4. The monoisotopic (exact) mass is 439 g/mol. The van der Waals surface area contributed by atoms with Crippen LogP contribution in [0.2, 0.25) is 0 Å². The van der Waals surface area contributed by atoms with Gasteiger partial charge in [0.1, 0.15) is 11.6 Å². The Morgan fingerprint density at radius 3 is 2.06 bits per heavy atom. The Morgan fingerprint density at radius 2 is 1.38 bits per heavy atom. The quantitative estimate of drug-likeness (QED) is 0.255. The van der Waals surface area contributed by atoms with Crippen LogP contribution in [0.25, 0.3) is 0 Å². The van der Waals surface area contributed by atoms with Gasteiger partial charge in [-0.05, 0) is 74.8 Å². The van der Waals surface area contributed by atoms with Crippen molar-refractivity contribution in [2.75, 3.05) is 42.6 Å². The fourth-order valence-corrected chi connectivity index (χ4v) is 3.04. The van der Waals surface area contributed by atoms with E-state index >= 15 is 0 Å². The number of phenols is 1. The van der Waals surface area contributed by atoms with Crippen molar-refractivity contribution in [2.24, 2.45) is 0 Å². The second-order valence-corrected chi connectivity index (χ2v) is 7.37. The van der Waals surface area contributed by atoms with E-state index in [2.05, 4.69) is 36.2 Å². The second kappa shape index (κ2) is 12.4. The topological polar surface area (TPSA) is 107 Å². The van der Waals surface area contributed by atoms with Crippen LogP contribution in [0.1, 0.15) is 24.8 Å². The van der Waals surface area contributed by atoms with E-state index in [1.807, 2.05) is 19.2 Å². The van der Waals surface area contributed by atoms with Crippen LogP contribution in [0.15, 0.2) is 48.5 Å². The molecule has 1 heterocycles. The van der Waals surface area contributed by atoms with E-state index < -0.39 is 0 Å². The molecule has 0 saturated heterocycles. The summed E-state index contributed by atoms with van der Waals surface area (Å²) in [4.78, 5) is 13.4. The van der Waals surface area contributed by atoms with Gasteiger partial charge in [-0.25, -0.2) is 4.39 Å². The molecule has 8 nitrogen and oxygen atoms in total. The van der Waals surface area contributed by atoms with Crippen LogP contribution in [0, 0.1) is 5.82 Å². The standard InChI is InChI=1S/C23H30FN7O/c1-25-14-3-2-4-15-26-21-29-22(27-16-13-17-5-11-20(32)12-6-17)31-23(30-21)28-19-9-7-18(24)8-10-19/h5-12,25,32H,2-4,13-16H2,1H3,(H3,26,27,28,29,30,31). The Labute approximate surface area is 187 Å². The van der Waals surface area contributed by atoms with Gasteiger partial charge in [0.15, 0.2) is 0 Å². The summed E-state index contributed by atoms with van der Waals surface area (Å²) in [6.07, 6.45) is 3.99. The average Bonchev–Trinajstić information content (AvgIpc) is 2.79. The van der Waals surface area contributed by atoms with Crippen molar-refractivity contribution >= 4 is 23.5 Å². The van der Waals surface area contributed by atoms with Crippen molar-refractivity contribution in [1.29, 1.82) is 0 Å². The maximum Gasteiger partial charge on any atom is 0.233 e. The number of hydrogen-bond donors (Lipinski definition) is 5. The molecule has 0 atom stereocenters. The van der Waals surface area contributed by atoms with Crippen LogP contribution in [0.5, 0.6) is 5.75 Å². The van der Waals surface area contributed by atoms with Crippen molar-refractivity contribution < 1.29 is 9.50 Å². The van der Waals surface area contributed by atoms with Crippen LogP contribution in [0.3, 0.4) is 0 Å². The number of benzene rings is 2. The molecule has 9 heteroatoms. The van der Waals surface area contributed by atoms with E-state index in [-0.39, 0.29) is 11.6 Å². The van der Waals surface area contributed by atoms with E-state index in [1.54, 1.807) is 24.3 Å². The van der Waals surface area contributed by atoms with E-state index in [0.29, 0.717) is 30.1 Å². The number of halogens is 1. The largest absolute Gasteiger partial charge is 0.508 e. The van der Waals surface area contributed by atoms with Crippen LogP contribution in [-0.2, 0) is 6.42 Å². The van der Waals surface area contributed by atoms with E-state index in [1.165, 1.54) is 12.1 Å². The van der Waals surface area contributed by atoms with Gasteiger partial charge in [0.2, 0.25) is 17.8 Å². The Kier molecular flexibility index (Phi) is 9.00. The van der Waals surface area contributed by atoms with Crippen molar-refractivity contribution in [1.82, 2.24) is 20.3 Å². The van der Waals surface area contributed by atoms with E-state index in [0.717, 1.165) is 44.3 Å². The first-order chi connectivity index (χ1) is 15.6. The molecule has 3 aromatic rings. The number of hydrogen-bond acceptors (Lipinski definition) is 8. The molecule has 0 spiro atoms. The molecular formula is C23H30FN7O. The number of aromatic nitrogens is 3. The molecule has 5 N–H and O–H groups in total. The third-order valence-electron chi connectivity index (χ3n) is 4.76. The Bertz CT molecular complexity index is 952. The minimum absolute atomic E-state index is 0.248. The number of aromatic hydroxyl groups is 1. The molecule has 170 valence electrons. The molecule has 0 amide bonds. The highest BCUT2D eigenvalue weighted by Gasteiger charge is 2.07. The molecule has 0 radical (unpaired) electrons. The first kappa shape index (κ1) is 23.2. The van der Waals surface area contributed by atoms with Gasteiger partial charge in [0.05, 0.1) is 0 Å². The molecule has 0 aliphatic carbocycles. The molecule has 32 heavy (non-hydrogen) atoms. The minimum Gasteiger partial charge on any atom is -0.508 e. The average molecular weight is 440 g/mol. The van der Waals surface area contributed by atoms with Gasteiger partial charge in [-0.15, -0.1) is 0 Å². The summed E-state index contributed by atoms with van der Waals surface area (Å²) in [5, 5.41) is 22.1. The van der Waals surface area contributed by atoms with Crippen LogP contribution in [-0.4, -0.2) is 46.7 Å². The summed E-state index contributed by atoms with van der Waals surface area (Å²) in [6.45, 7) is 2.39. The highest BCUT2D eigenvalue weighted by Crippen LogP contribution is 2.17. The van der Waals surface area contributed by atoms with Gasteiger partial charge in [-0.2, -0.15) is 15.0 Å². The third-order valence-corrected chi connectivity index (χ3v) is 4.76. The fourth-order valence-electron chi connectivity index (χ4n) is 3.04. The van der Waals surface area contributed by atoms with Crippen molar-refractivity contribution in [2.45, 2.75) is 25.7 Å². The number of unbranched alkanes of at least 4 members (excludes halogenated alkanes) is 2. The molecule has 0 aliphatic heterocycles. The molecule has 1 aromatic heterocycles. The lowest BCUT2D eigenvalue weighted by molar-refractivity contribution is 0.475. The van der Waals surface area contributed by atoms with Crippen molar-refractivity contribution in [3.8, 4) is 5.75 Å². The number of nitrogens with zero attached hydrogens (tertiary/aromatic N) is 3. The van der Waals surface area contributed by atoms with Crippen LogP contribution in [0.4, 0.5) is 27.9 Å². The molecule has 0 aliphatic rings. The lowest BCUT2D eigenvalue weighted by atomic mass is 10.1. The number of rotatable bonds is 13. The number of phenolic OH excluding ortho intramolecular Hbond substituents is 1. The summed E-state index contributed by atoms with van der Waals surface area (Å²) in [5.41, 5.74) is 1.78. The highest BCUT2D eigenvalue weighted by atomic mass is 19.1. The van der Waals surface area contributed by atoms with Gasteiger partial charge in [0, 0.05) is 18.8 Å². The molecule has 0 bridgehead atoms. The molecular weight excluding hydrogens is 409 g/mol. The minimum atomic E-state index is -0.302. The van der Waals surface area contributed by atoms with Gasteiger partial charge in [-0.1, -0.05) is 18.6 Å². The highest BCUT2D eigenvalue weighted by molar-refractivity contribution is 5.55. The smallest absolute Gasteiger partial charge is 0.233 e. The van der Waals surface area contributed by atoms with Crippen molar-refractivity contribution in [3.63, 3.8) is 0 Å². The summed E-state index contributed by atoms with van der Waals surface area (Å²) in [6, 6.07) is 13.1. The predicted octanol–water partition coefficient (Wildman–Crippen LogP) is 3.92. The molecule has 2 aromatic carbocycles. The Morgan fingerprint density at radius 1 is 0.750 bits per heavy atom.